The van der Waals surface area contributed by atoms with E-state index in [-0.39, 0.29) is 19.3 Å². The van der Waals surface area contributed by atoms with Gasteiger partial charge in [-0.15, -0.1) is 0 Å². The van der Waals surface area contributed by atoms with Crippen LogP contribution in [0.15, 0.2) is 60.8 Å². The highest BCUT2D eigenvalue weighted by atomic mass is 32.2. The lowest BCUT2D eigenvalue weighted by atomic mass is 10.0. The normalized spacial score (nSPS) is 13.2. The Morgan fingerprint density at radius 2 is 1.56 bits per heavy atom. The number of carbonyl (C=O) groups is 5. The quantitative estimate of drug-likeness (QED) is 0.147. The number of rotatable bonds is 15. The molecule has 0 saturated heterocycles. The number of nitrogens with one attached hydrogen (secondary N) is 5. The van der Waals surface area contributed by atoms with Gasteiger partial charge in [-0.25, -0.2) is 4.79 Å². The zero-order chi connectivity index (χ0) is 33.0. The van der Waals surface area contributed by atoms with E-state index in [1.54, 1.807) is 27.0 Å². The second kappa shape index (κ2) is 16.5. The second-order valence-corrected chi connectivity index (χ2v) is 12.5. The summed E-state index contributed by atoms with van der Waals surface area (Å²) < 4.78 is 5.40. The first-order chi connectivity index (χ1) is 21.4. The SMILES string of the molecule is CSCC[C@H](NC(=O)[C@H](Cc1c[nH]c2ccccc12)NC(=O)OC(C)(C)C)C(=O)NCC(=O)N[C@@H](Cc1ccccc1)C(N)=O. The molecule has 0 aliphatic carbocycles. The molecule has 13 heteroatoms. The van der Waals surface area contributed by atoms with Crippen LogP contribution >= 0.6 is 11.8 Å². The molecule has 1 heterocycles. The third-order valence-electron chi connectivity index (χ3n) is 6.73. The molecule has 3 rings (SSSR count). The Hall–Kier alpha value is -4.52. The molecule has 45 heavy (non-hydrogen) atoms. The molecule has 1 aromatic heterocycles. The number of amides is 5. The van der Waals surface area contributed by atoms with Gasteiger partial charge in [0.1, 0.15) is 23.7 Å². The fraction of sp³-hybridized carbons (Fsp3) is 0.406. The van der Waals surface area contributed by atoms with Gasteiger partial charge in [0.2, 0.25) is 23.6 Å². The van der Waals surface area contributed by atoms with Crippen LogP contribution in [0.4, 0.5) is 4.79 Å². The number of H-pyrrole nitrogens is 1. The van der Waals surface area contributed by atoms with Crippen molar-refractivity contribution in [3.05, 3.63) is 71.9 Å². The van der Waals surface area contributed by atoms with Gasteiger partial charge < -0.3 is 36.7 Å². The molecule has 12 nitrogen and oxygen atoms in total. The first-order valence-electron chi connectivity index (χ1n) is 14.6. The topological polar surface area (TPSA) is 185 Å². The highest BCUT2D eigenvalue weighted by Gasteiger charge is 2.29. The van der Waals surface area contributed by atoms with Crippen LogP contribution in [0.1, 0.15) is 38.3 Å². The molecule has 0 fully saturated rings. The Morgan fingerprint density at radius 3 is 2.22 bits per heavy atom. The van der Waals surface area contributed by atoms with Crippen LogP contribution < -0.4 is 27.0 Å². The maximum absolute atomic E-state index is 13.6. The number of hydrogen-bond acceptors (Lipinski definition) is 7. The van der Waals surface area contributed by atoms with Crippen LogP contribution in [0.3, 0.4) is 0 Å². The third kappa shape index (κ3) is 11.5. The molecule has 2 aromatic carbocycles. The number of aromatic amines is 1. The van der Waals surface area contributed by atoms with Crippen LogP contribution in [0.25, 0.3) is 10.9 Å². The lowest BCUT2D eigenvalue weighted by molar-refractivity contribution is -0.131. The summed E-state index contributed by atoms with van der Waals surface area (Å²) in [5, 5.41) is 11.4. The average Bonchev–Trinajstić information content (AvgIpc) is 3.39. The second-order valence-electron chi connectivity index (χ2n) is 11.5. The minimum absolute atomic E-state index is 0.129. The van der Waals surface area contributed by atoms with Gasteiger partial charge in [0.15, 0.2) is 0 Å². The van der Waals surface area contributed by atoms with E-state index in [4.69, 9.17) is 10.5 Å². The van der Waals surface area contributed by atoms with Gasteiger partial charge in [-0.1, -0.05) is 48.5 Å². The monoisotopic (exact) mass is 638 g/mol. The van der Waals surface area contributed by atoms with Crippen molar-refractivity contribution in [2.24, 2.45) is 5.73 Å². The maximum atomic E-state index is 13.6. The Kier molecular flexibility index (Phi) is 12.8. The van der Waals surface area contributed by atoms with Gasteiger partial charge in [0.25, 0.3) is 0 Å². The van der Waals surface area contributed by atoms with Crippen molar-refractivity contribution < 1.29 is 28.7 Å². The summed E-state index contributed by atoms with van der Waals surface area (Å²) in [5.41, 5.74) is 7.18. The number of nitrogens with two attached hydrogens (primary N) is 1. The third-order valence-corrected chi connectivity index (χ3v) is 7.38. The average molecular weight is 639 g/mol. The van der Waals surface area contributed by atoms with E-state index in [9.17, 15) is 24.0 Å². The summed E-state index contributed by atoms with van der Waals surface area (Å²) in [6, 6.07) is 13.6. The summed E-state index contributed by atoms with van der Waals surface area (Å²) in [5.74, 6) is -1.95. The molecule has 242 valence electrons. The smallest absolute Gasteiger partial charge is 0.408 e. The Morgan fingerprint density at radius 1 is 0.867 bits per heavy atom. The van der Waals surface area contributed by atoms with E-state index in [0.29, 0.717) is 5.75 Å². The van der Waals surface area contributed by atoms with Crippen molar-refractivity contribution in [2.45, 2.75) is 63.8 Å². The van der Waals surface area contributed by atoms with E-state index in [1.807, 2.05) is 60.9 Å². The molecule has 3 atom stereocenters. The largest absolute Gasteiger partial charge is 0.444 e. The van der Waals surface area contributed by atoms with Crippen molar-refractivity contribution >= 4 is 52.4 Å². The van der Waals surface area contributed by atoms with E-state index in [0.717, 1.165) is 22.0 Å². The lowest BCUT2D eigenvalue weighted by Crippen LogP contribution is -2.56. The molecule has 0 bridgehead atoms. The van der Waals surface area contributed by atoms with E-state index in [2.05, 4.69) is 26.3 Å². The zero-order valence-corrected chi connectivity index (χ0v) is 26.8. The summed E-state index contributed by atoms with van der Waals surface area (Å²) in [6.45, 7) is 4.71. The van der Waals surface area contributed by atoms with Crippen molar-refractivity contribution in [3.8, 4) is 0 Å². The summed E-state index contributed by atoms with van der Waals surface area (Å²) in [6.07, 6.45) is 3.46. The van der Waals surface area contributed by atoms with Crippen LogP contribution in [-0.2, 0) is 36.8 Å². The van der Waals surface area contributed by atoms with Crippen molar-refractivity contribution in [1.29, 1.82) is 0 Å². The van der Waals surface area contributed by atoms with Crippen LogP contribution in [0, 0.1) is 0 Å². The highest BCUT2D eigenvalue weighted by molar-refractivity contribution is 7.98. The number of carbonyl (C=O) groups excluding carboxylic acids is 5. The van der Waals surface area contributed by atoms with Gasteiger partial charge in [-0.3, -0.25) is 19.2 Å². The zero-order valence-electron chi connectivity index (χ0n) is 26.0. The summed E-state index contributed by atoms with van der Waals surface area (Å²) in [7, 11) is 0. The van der Waals surface area contributed by atoms with Crippen molar-refractivity contribution in [3.63, 3.8) is 0 Å². The molecule has 0 unspecified atom stereocenters. The van der Waals surface area contributed by atoms with E-state index in [1.165, 1.54) is 11.8 Å². The number of aromatic nitrogens is 1. The molecular formula is C32H42N6O6S. The molecule has 7 N–H and O–H groups in total. The molecule has 0 aliphatic rings. The fourth-order valence-electron chi connectivity index (χ4n) is 4.56. The highest BCUT2D eigenvalue weighted by Crippen LogP contribution is 2.20. The van der Waals surface area contributed by atoms with E-state index < -0.39 is 60.0 Å². The Labute approximate surface area is 267 Å². The Balaban J connectivity index is 1.69. The van der Waals surface area contributed by atoms with E-state index >= 15 is 0 Å². The maximum Gasteiger partial charge on any atom is 0.408 e. The van der Waals surface area contributed by atoms with Gasteiger partial charge in [-0.05, 0) is 56.4 Å². The summed E-state index contributed by atoms with van der Waals surface area (Å²) in [4.78, 5) is 67.3. The summed E-state index contributed by atoms with van der Waals surface area (Å²) >= 11 is 1.49. The molecule has 0 saturated carbocycles. The molecule has 0 radical (unpaired) electrons. The predicted octanol–water partition coefficient (Wildman–Crippen LogP) is 2.17. The minimum Gasteiger partial charge on any atom is -0.444 e. The standard InChI is InChI=1S/C32H42N6O6S/c1-32(2,3)44-31(43)38-26(17-21-18-34-23-13-9-8-12-22(21)23)30(42)37-24(14-15-45-4)29(41)35-19-27(39)36-25(28(33)40)16-20-10-6-5-7-11-20/h5-13,18,24-26,34H,14-17,19H2,1-4H3,(H2,33,40)(H,35,41)(H,36,39)(H,37,42)(H,38,43)/t24-,25-,26-/m0/s1. The number of alkyl carbamates (subject to hydrolysis) is 1. The van der Waals surface area contributed by atoms with Crippen LogP contribution in [0.2, 0.25) is 0 Å². The molecular weight excluding hydrogens is 596 g/mol. The predicted molar refractivity (Wildman–Crippen MR) is 174 cm³/mol. The molecule has 3 aromatic rings. The Bertz CT molecular complexity index is 1470. The van der Waals surface area contributed by atoms with Crippen LogP contribution in [-0.4, -0.2) is 77.0 Å². The van der Waals surface area contributed by atoms with Gasteiger partial charge in [0.05, 0.1) is 6.54 Å². The van der Waals surface area contributed by atoms with Gasteiger partial charge in [0, 0.05) is 29.9 Å². The molecule has 5 amide bonds. The first-order valence-corrected chi connectivity index (χ1v) is 16.0. The number of fused-ring (bicyclic) bond motifs is 1. The molecule has 0 spiro atoms. The number of benzene rings is 2. The number of para-hydroxylation sites is 1. The van der Waals surface area contributed by atoms with Crippen molar-refractivity contribution in [2.75, 3.05) is 18.6 Å². The van der Waals surface area contributed by atoms with Crippen molar-refractivity contribution in [1.82, 2.24) is 26.3 Å². The number of ether oxygens (including phenoxy) is 1. The lowest BCUT2D eigenvalue weighted by Gasteiger charge is -2.25. The number of primary amides is 1. The fourth-order valence-corrected chi connectivity index (χ4v) is 5.04. The minimum atomic E-state index is -1.07. The molecule has 0 aliphatic heterocycles. The van der Waals surface area contributed by atoms with Crippen LogP contribution in [0.5, 0.6) is 0 Å². The number of hydrogen-bond donors (Lipinski definition) is 6. The van der Waals surface area contributed by atoms with Gasteiger partial charge in [-0.2, -0.15) is 11.8 Å². The number of thioether (sulfide) groups is 1. The first kappa shape index (κ1) is 35.0. The van der Waals surface area contributed by atoms with Gasteiger partial charge >= 0.3 is 6.09 Å².